The van der Waals surface area contributed by atoms with Gasteiger partial charge in [-0.2, -0.15) is 15.0 Å². The van der Waals surface area contributed by atoms with Crippen LogP contribution in [0.5, 0.6) is 0 Å². The first-order valence-electron chi connectivity index (χ1n) is 7.59. The number of ether oxygens (including phenoxy) is 1. The second-order valence-corrected chi connectivity index (χ2v) is 5.29. The molecule has 3 rings (SSSR count). The first-order chi connectivity index (χ1) is 12.1. The fraction of sp³-hybridized carbons (Fsp3) is 0.250. The van der Waals surface area contributed by atoms with Crippen LogP contribution in [0.25, 0.3) is 5.69 Å². The predicted molar refractivity (Wildman–Crippen MR) is 87.7 cm³/mol. The lowest BCUT2D eigenvalue weighted by Crippen LogP contribution is -2.31. The number of anilines is 1. The molecule has 0 saturated heterocycles. The van der Waals surface area contributed by atoms with Crippen LogP contribution in [0.2, 0.25) is 0 Å². The van der Waals surface area contributed by atoms with Crippen molar-refractivity contribution in [1.82, 2.24) is 19.9 Å². The number of hydrogen-bond donors (Lipinski definition) is 2. The molecule has 25 heavy (non-hydrogen) atoms. The average molecular weight is 343 g/mol. The van der Waals surface area contributed by atoms with Gasteiger partial charge in [0.25, 0.3) is 5.91 Å². The summed E-state index contributed by atoms with van der Waals surface area (Å²) in [7, 11) is 1.26. The van der Waals surface area contributed by atoms with E-state index in [1.54, 1.807) is 30.6 Å². The second kappa shape index (κ2) is 7.14. The Balaban J connectivity index is 1.90. The molecule has 2 N–H and O–H groups in total. The van der Waals surface area contributed by atoms with Gasteiger partial charge in [0.05, 0.1) is 43.9 Å². The molecule has 0 saturated carbocycles. The number of methoxy groups -OCH3 is 1. The number of β-amino-alcohol motifs (C(OH)–C–C–N with tert-alkyl or cyclic N) is 1. The number of rotatable bonds is 6. The van der Waals surface area contributed by atoms with E-state index in [1.807, 2.05) is 6.07 Å². The summed E-state index contributed by atoms with van der Waals surface area (Å²) in [6.45, 7) is 0.0461. The number of benzene rings is 1. The Morgan fingerprint density at radius 3 is 2.80 bits per heavy atom. The van der Waals surface area contributed by atoms with Gasteiger partial charge in [0.2, 0.25) is 0 Å². The Morgan fingerprint density at radius 1 is 1.36 bits per heavy atom. The van der Waals surface area contributed by atoms with Crippen LogP contribution in [0.4, 0.5) is 5.69 Å². The van der Waals surface area contributed by atoms with E-state index < -0.39 is 5.97 Å². The van der Waals surface area contributed by atoms with Crippen molar-refractivity contribution >= 4 is 17.6 Å². The van der Waals surface area contributed by atoms with Gasteiger partial charge < -0.3 is 20.1 Å². The minimum absolute atomic E-state index is 0.0921. The van der Waals surface area contributed by atoms with Crippen molar-refractivity contribution in [2.75, 3.05) is 32.1 Å². The lowest BCUT2D eigenvalue weighted by Gasteiger charge is -2.15. The predicted octanol–water partition coefficient (Wildman–Crippen LogP) is -0.0592. The number of amides is 1. The summed E-state index contributed by atoms with van der Waals surface area (Å²) in [6.07, 6.45) is 3.12. The molecule has 1 aliphatic rings. The summed E-state index contributed by atoms with van der Waals surface area (Å²) in [5.41, 5.74) is 1.67. The summed E-state index contributed by atoms with van der Waals surface area (Å²) in [6, 6.07) is 7.11. The van der Waals surface area contributed by atoms with Gasteiger partial charge in [-0.1, -0.05) is 6.07 Å². The Hall–Kier alpha value is -3.20. The number of nitrogens with one attached hydrogen (secondary N) is 1. The molecule has 130 valence electrons. The SMILES string of the molecule is COC(=O)C1=C(Nc2cccc(-n3nccn3)c2)C(=O)N(CCO)C1. The van der Waals surface area contributed by atoms with Gasteiger partial charge in [-0.15, -0.1) is 0 Å². The van der Waals surface area contributed by atoms with E-state index in [4.69, 9.17) is 9.84 Å². The molecule has 0 aliphatic carbocycles. The lowest BCUT2D eigenvalue weighted by molar-refractivity contribution is -0.136. The van der Waals surface area contributed by atoms with Crippen LogP contribution < -0.4 is 5.32 Å². The monoisotopic (exact) mass is 343 g/mol. The number of esters is 1. The molecular formula is C16H17N5O4. The smallest absolute Gasteiger partial charge is 0.337 e. The summed E-state index contributed by atoms with van der Waals surface area (Å²) < 4.78 is 4.76. The van der Waals surface area contributed by atoms with E-state index in [9.17, 15) is 9.59 Å². The van der Waals surface area contributed by atoms with Gasteiger partial charge in [-0.3, -0.25) is 4.79 Å². The van der Waals surface area contributed by atoms with E-state index >= 15 is 0 Å². The highest BCUT2D eigenvalue weighted by Crippen LogP contribution is 2.23. The van der Waals surface area contributed by atoms with E-state index in [0.29, 0.717) is 11.4 Å². The average Bonchev–Trinajstić information content (AvgIpc) is 3.26. The Kier molecular flexibility index (Phi) is 4.75. The molecule has 1 aromatic carbocycles. The topological polar surface area (TPSA) is 110 Å². The Bertz CT molecular complexity index is 816. The maximum Gasteiger partial charge on any atom is 0.337 e. The summed E-state index contributed by atoms with van der Waals surface area (Å²) in [5, 5.41) is 20.2. The van der Waals surface area contributed by atoms with Gasteiger partial charge in [0.1, 0.15) is 5.70 Å². The molecule has 0 unspecified atom stereocenters. The van der Waals surface area contributed by atoms with Crippen molar-refractivity contribution in [3.05, 3.63) is 47.9 Å². The molecule has 2 aromatic rings. The molecular weight excluding hydrogens is 326 g/mol. The highest BCUT2D eigenvalue weighted by molar-refractivity contribution is 6.08. The fourth-order valence-corrected chi connectivity index (χ4v) is 2.55. The van der Waals surface area contributed by atoms with Crippen molar-refractivity contribution in [3.8, 4) is 5.69 Å². The molecule has 1 aliphatic heterocycles. The number of aromatic nitrogens is 3. The molecule has 0 bridgehead atoms. The number of carbonyl (C=O) groups excluding carboxylic acids is 2. The summed E-state index contributed by atoms with van der Waals surface area (Å²) >= 11 is 0. The molecule has 2 heterocycles. The third-order valence-corrected chi connectivity index (χ3v) is 3.72. The van der Waals surface area contributed by atoms with Crippen LogP contribution in [0.3, 0.4) is 0 Å². The molecule has 0 spiro atoms. The summed E-state index contributed by atoms with van der Waals surface area (Å²) in [5.74, 6) is -0.946. The van der Waals surface area contributed by atoms with Gasteiger partial charge in [0.15, 0.2) is 0 Å². The standard InChI is InChI=1S/C16H17N5O4/c1-25-16(24)13-10-20(7-8-22)15(23)14(13)19-11-3-2-4-12(9-11)21-17-5-6-18-21/h2-6,9,19,22H,7-8,10H2,1H3. The molecule has 9 heteroatoms. The van der Waals surface area contributed by atoms with E-state index in [-0.39, 0.29) is 36.9 Å². The molecule has 1 amide bonds. The van der Waals surface area contributed by atoms with Crippen LogP contribution in [0, 0.1) is 0 Å². The quantitative estimate of drug-likeness (QED) is 0.707. The number of nitrogens with zero attached hydrogens (tertiary/aromatic N) is 4. The van der Waals surface area contributed by atoms with E-state index in [2.05, 4.69) is 15.5 Å². The van der Waals surface area contributed by atoms with Crippen molar-refractivity contribution in [3.63, 3.8) is 0 Å². The summed E-state index contributed by atoms with van der Waals surface area (Å²) in [4.78, 5) is 27.3. The largest absolute Gasteiger partial charge is 0.466 e. The van der Waals surface area contributed by atoms with E-state index in [1.165, 1.54) is 16.8 Å². The van der Waals surface area contributed by atoms with Gasteiger partial charge >= 0.3 is 5.97 Å². The second-order valence-electron chi connectivity index (χ2n) is 5.29. The van der Waals surface area contributed by atoms with Crippen LogP contribution in [0.15, 0.2) is 47.9 Å². The highest BCUT2D eigenvalue weighted by atomic mass is 16.5. The van der Waals surface area contributed by atoms with Crippen LogP contribution >= 0.6 is 0 Å². The van der Waals surface area contributed by atoms with Crippen molar-refractivity contribution in [1.29, 1.82) is 0 Å². The Labute approximate surface area is 143 Å². The first kappa shape index (κ1) is 16.7. The minimum Gasteiger partial charge on any atom is -0.466 e. The number of aliphatic hydroxyl groups is 1. The lowest BCUT2D eigenvalue weighted by atomic mass is 10.2. The van der Waals surface area contributed by atoms with Crippen LogP contribution in [0.1, 0.15) is 0 Å². The number of aliphatic hydroxyl groups excluding tert-OH is 1. The highest BCUT2D eigenvalue weighted by Gasteiger charge is 2.34. The molecule has 0 radical (unpaired) electrons. The van der Waals surface area contributed by atoms with Crippen molar-refractivity contribution < 1.29 is 19.4 Å². The minimum atomic E-state index is -0.582. The maximum absolute atomic E-state index is 12.5. The van der Waals surface area contributed by atoms with Gasteiger partial charge in [-0.25, -0.2) is 4.79 Å². The van der Waals surface area contributed by atoms with Gasteiger partial charge in [0, 0.05) is 12.2 Å². The zero-order valence-electron chi connectivity index (χ0n) is 13.5. The number of hydrogen-bond acceptors (Lipinski definition) is 7. The maximum atomic E-state index is 12.5. The molecule has 1 aromatic heterocycles. The Morgan fingerprint density at radius 2 is 2.12 bits per heavy atom. The van der Waals surface area contributed by atoms with Crippen molar-refractivity contribution in [2.24, 2.45) is 0 Å². The zero-order chi connectivity index (χ0) is 17.8. The molecule has 0 fully saturated rings. The fourth-order valence-electron chi connectivity index (χ4n) is 2.55. The van der Waals surface area contributed by atoms with Gasteiger partial charge in [-0.05, 0) is 18.2 Å². The third-order valence-electron chi connectivity index (χ3n) is 3.72. The van der Waals surface area contributed by atoms with Crippen molar-refractivity contribution in [2.45, 2.75) is 0 Å². The normalized spacial score (nSPS) is 14.2. The van der Waals surface area contributed by atoms with E-state index in [0.717, 1.165) is 0 Å². The molecule has 9 nitrogen and oxygen atoms in total. The first-order valence-corrected chi connectivity index (χ1v) is 7.59. The zero-order valence-corrected chi connectivity index (χ0v) is 13.5. The third kappa shape index (κ3) is 3.36. The van der Waals surface area contributed by atoms with Crippen LogP contribution in [-0.4, -0.2) is 63.7 Å². The van der Waals surface area contributed by atoms with Crippen LogP contribution in [-0.2, 0) is 14.3 Å². The number of carbonyl (C=O) groups is 2. The molecule has 0 atom stereocenters.